The van der Waals surface area contributed by atoms with Gasteiger partial charge in [-0.2, -0.15) is 0 Å². The number of hydrogen-bond acceptors (Lipinski definition) is 4. The number of benzene rings is 2. The van der Waals surface area contributed by atoms with Gasteiger partial charge >= 0.3 is 0 Å². The number of nitrogens with one attached hydrogen (secondary N) is 1. The van der Waals surface area contributed by atoms with E-state index >= 15 is 0 Å². The van der Waals surface area contributed by atoms with Gasteiger partial charge in [0.2, 0.25) is 21.8 Å². The molecule has 3 rings (SSSR count). The Morgan fingerprint density at radius 2 is 1.68 bits per heavy atom. The van der Waals surface area contributed by atoms with E-state index in [0.29, 0.717) is 30.1 Å². The van der Waals surface area contributed by atoms with Crippen LogP contribution in [0.2, 0.25) is 5.02 Å². The second-order valence-corrected chi connectivity index (χ2v) is 12.0. The smallest absolute Gasteiger partial charge is 0.243 e. The number of anilines is 1. The predicted molar refractivity (Wildman–Crippen MR) is 149 cm³/mol. The van der Waals surface area contributed by atoms with Crippen molar-refractivity contribution in [1.29, 1.82) is 0 Å². The van der Waals surface area contributed by atoms with Crippen molar-refractivity contribution in [3.05, 3.63) is 65.2 Å². The number of nitrogens with zero attached hydrogens (tertiary/aromatic N) is 2. The van der Waals surface area contributed by atoms with Crippen molar-refractivity contribution in [2.45, 2.75) is 76.9 Å². The summed E-state index contributed by atoms with van der Waals surface area (Å²) in [5.74, 6) is -0.281. The zero-order valence-electron chi connectivity index (χ0n) is 21.7. The van der Waals surface area contributed by atoms with Crippen LogP contribution in [0.3, 0.4) is 0 Å². The van der Waals surface area contributed by atoms with E-state index in [9.17, 15) is 18.0 Å². The van der Waals surface area contributed by atoms with Gasteiger partial charge in [-0.3, -0.25) is 13.9 Å². The zero-order chi connectivity index (χ0) is 26.8. The van der Waals surface area contributed by atoms with Gasteiger partial charge in [-0.15, -0.1) is 0 Å². The van der Waals surface area contributed by atoms with Crippen molar-refractivity contribution in [1.82, 2.24) is 10.2 Å². The van der Waals surface area contributed by atoms with Gasteiger partial charge in [0.1, 0.15) is 6.04 Å². The highest BCUT2D eigenvalue weighted by Gasteiger charge is 2.30. The third-order valence-corrected chi connectivity index (χ3v) is 8.25. The maximum absolute atomic E-state index is 13.5. The first-order chi connectivity index (χ1) is 17.7. The predicted octanol–water partition coefficient (Wildman–Crippen LogP) is 5.14. The summed E-state index contributed by atoms with van der Waals surface area (Å²) in [4.78, 5) is 28.5. The first-order valence-corrected chi connectivity index (χ1v) is 15.3. The maximum Gasteiger partial charge on any atom is 0.243 e. The summed E-state index contributed by atoms with van der Waals surface area (Å²) in [7, 11) is -3.55. The van der Waals surface area contributed by atoms with Gasteiger partial charge in [-0.1, -0.05) is 68.1 Å². The Labute approximate surface area is 226 Å². The summed E-state index contributed by atoms with van der Waals surface area (Å²) < 4.78 is 26.2. The molecule has 0 heterocycles. The largest absolute Gasteiger partial charge is 0.352 e. The van der Waals surface area contributed by atoms with Crippen LogP contribution in [0, 0.1) is 0 Å². The molecule has 37 heavy (non-hydrogen) atoms. The van der Waals surface area contributed by atoms with E-state index in [0.717, 1.165) is 37.5 Å². The lowest BCUT2D eigenvalue weighted by molar-refractivity contribution is -0.141. The average molecular weight is 548 g/mol. The Morgan fingerprint density at radius 3 is 2.27 bits per heavy atom. The van der Waals surface area contributed by atoms with Gasteiger partial charge in [0.25, 0.3) is 0 Å². The molecule has 0 saturated heterocycles. The Morgan fingerprint density at radius 1 is 1.03 bits per heavy atom. The number of carbonyl (C=O) groups excluding carboxylic acids is 2. The fourth-order valence-electron chi connectivity index (χ4n) is 4.86. The summed E-state index contributed by atoms with van der Waals surface area (Å²) in [5.41, 5.74) is 1.44. The molecule has 0 spiro atoms. The molecule has 202 valence electrons. The van der Waals surface area contributed by atoms with Crippen LogP contribution in [-0.4, -0.2) is 50.0 Å². The van der Waals surface area contributed by atoms with Crippen molar-refractivity contribution in [2.75, 3.05) is 17.1 Å². The van der Waals surface area contributed by atoms with E-state index in [-0.39, 0.29) is 30.8 Å². The highest BCUT2D eigenvalue weighted by molar-refractivity contribution is 7.92. The van der Waals surface area contributed by atoms with Crippen molar-refractivity contribution < 1.29 is 18.0 Å². The van der Waals surface area contributed by atoms with E-state index in [2.05, 4.69) is 5.32 Å². The molecule has 1 aliphatic rings. The molecule has 2 amide bonds. The minimum absolute atomic E-state index is 0.113. The van der Waals surface area contributed by atoms with Crippen LogP contribution in [0.1, 0.15) is 63.9 Å². The van der Waals surface area contributed by atoms with E-state index in [1.165, 1.54) is 10.7 Å². The first kappa shape index (κ1) is 29.0. The minimum atomic E-state index is -3.55. The molecule has 7 nitrogen and oxygen atoms in total. The number of halogens is 1. The number of hydrogen-bond donors (Lipinski definition) is 1. The molecule has 9 heteroatoms. The van der Waals surface area contributed by atoms with Crippen molar-refractivity contribution in [3.8, 4) is 0 Å². The lowest BCUT2D eigenvalue weighted by Crippen LogP contribution is -2.51. The molecule has 1 aliphatic carbocycles. The molecular formula is C28H38ClN3O4S. The van der Waals surface area contributed by atoms with E-state index in [1.54, 1.807) is 29.2 Å². The normalized spacial score (nSPS) is 15.1. The summed E-state index contributed by atoms with van der Waals surface area (Å²) in [6.07, 6.45) is 7.45. The lowest BCUT2D eigenvalue weighted by atomic mass is 9.95. The summed E-state index contributed by atoms with van der Waals surface area (Å²) in [6, 6.07) is 15.8. The molecule has 0 radical (unpaired) electrons. The number of sulfonamides is 1. The molecule has 2 aromatic carbocycles. The number of amides is 2. The average Bonchev–Trinajstić information content (AvgIpc) is 2.87. The molecule has 1 saturated carbocycles. The van der Waals surface area contributed by atoms with Crippen molar-refractivity contribution in [2.24, 2.45) is 0 Å². The monoisotopic (exact) mass is 547 g/mol. The van der Waals surface area contributed by atoms with Gasteiger partial charge in [-0.05, 0) is 55.5 Å². The van der Waals surface area contributed by atoms with Crippen LogP contribution in [0.25, 0.3) is 0 Å². The Hall–Kier alpha value is -2.58. The fraction of sp³-hybridized carbons (Fsp3) is 0.500. The van der Waals surface area contributed by atoms with Gasteiger partial charge in [-0.25, -0.2) is 8.42 Å². The third-order valence-electron chi connectivity index (χ3n) is 6.80. The molecule has 0 aliphatic heterocycles. The van der Waals surface area contributed by atoms with Gasteiger partial charge in [0, 0.05) is 30.6 Å². The topological polar surface area (TPSA) is 86.8 Å². The summed E-state index contributed by atoms with van der Waals surface area (Å²) in [5, 5.41) is 3.69. The number of rotatable bonds is 12. The second kappa shape index (κ2) is 13.8. The van der Waals surface area contributed by atoms with Crippen LogP contribution < -0.4 is 9.62 Å². The third kappa shape index (κ3) is 8.75. The quantitative estimate of drug-likeness (QED) is 0.398. The van der Waals surface area contributed by atoms with Crippen LogP contribution in [0.4, 0.5) is 5.69 Å². The zero-order valence-corrected chi connectivity index (χ0v) is 23.3. The SMILES string of the molecule is CC[C@@H](C(=O)NC1CCCCC1)N(Cc1ccccc1)C(=O)CCCN(c1ccc(Cl)cc1)S(C)(=O)=O. The molecule has 1 N–H and O–H groups in total. The second-order valence-electron chi connectivity index (χ2n) is 9.69. The van der Waals surface area contributed by atoms with Crippen LogP contribution in [-0.2, 0) is 26.2 Å². The summed E-state index contributed by atoms with van der Waals surface area (Å²) >= 11 is 5.96. The van der Waals surface area contributed by atoms with E-state index in [4.69, 9.17) is 11.6 Å². The highest BCUT2D eigenvalue weighted by Crippen LogP contribution is 2.22. The highest BCUT2D eigenvalue weighted by atomic mass is 35.5. The van der Waals surface area contributed by atoms with Gasteiger partial charge in [0.05, 0.1) is 11.9 Å². The molecule has 2 aromatic rings. The molecule has 0 aromatic heterocycles. The van der Waals surface area contributed by atoms with Gasteiger partial charge < -0.3 is 10.2 Å². The van der Waals surface area contributed by atoms with E-state index < -0.39 is 16.1 Å². The molecule has 1 atom stereocenters. The van der Waals surface area contributed by atoms with Crippen molar-refractivity contribution in [3.63, 3.8) is 0 Å². The molecule has 0 bridgehead atoms. The molecule has 0 unspecified atom stereocenters. The molecular weight excluding hydrogens is 510 g/mol. The van der Waals surface area contributed by atoms with Gasteiger partial charge in [0.15, 0.2) is 0 Å². The number of carbonyl (C=O) groups is 2. The molecule has 1 fully saturated rings. The van der Waals surface area contributed by atoms with Crippen LogP contribution in [0.15, 0.2) is 54.6 Å². The minimum Gasteiger partial charge on any atom is -0.352 e. The fourth-order valence-corrected chi connectivity index (χ4v) is 5.95. The Bertz CT molecular complexity index is 1120. The lowest BCUT2D eigenvalue weighted by Gasteiger charge is -2.33. The van der Waals surface area contributed by atoms with Crippen LogP contribution >= 0.6 is 11.6 Å². The van der Waals surface area contributed by atoms with E-state index in [1.807, 2.05) is 37.3 Å². The summed E-state index contributed by atoms with van der Waals surface area (Å²) in [6.45, 7) is 2.39. The standard InChI is InChI=1S/C28H38ClN3O4S/c1-3-26(28(34)30-24-13-8-5-9-14-24)31(21-22-11-6-4-7-12-22)27(33)15-10-20-32(37(2,35)36)25-18-16-23(29)17-19-25/h4,6-7,11-12,16-19,24,26H,3,5,8-10,13-15,20-21H2,1-2H3,(H,30,34)/t26-/m0/s1. The van der Waals surface area contributed by atoms with Crippen LogP contribution in [0.5, 0.6) is 0 Å². The Balaban J connectivity index is 1.72. The Kier molecular flexibility index (Phi) is 10.8. The maximum atomic E-state index is 13.5. The van der Waals surface area contributed by atoms with Crippen molar-refractivity contribution >= 4 is 39.1 Å². The first-order valence-electron chi connectivity index (χ1n) is 13.1.